The average Bonchev–Trinajstić information content (AvgIpc) is 2.53. The molecular weight excluding hydrogens is 366 g/mol. The SMILES string of the molecule is O=C(OCc1ccccc1)N1CCc2cc(Cl)cc(Br)c2C1. The third kappa shape index (κ3) is 3.45. The van der Waals surface area contributed by atoms with Gasteiger partial charge < -0.3 is 9.64 Å². The molecule has 3 rings (SSSR count). The van der Waals surface area contributed by atoms with Crippen molar-refractivity contribution in [2.75, 3.05) is 6.54 Å². The fourth-order valence-electron chi connectivity index (χ4n) is 2.55. The second-order valence-electron chi connectivity index (χ2n) is 5.24. The Balaban J connectivity index is 1.65. The number of hydrogen-bond acceptors (Lipinski definition) is 2. The van der Waals surface area contributed by atoms with Crippen LogP contribution >= 0.6 is 27.5 Å². The third-order valence-electron chi connectivity index (χ3n) is 3.72. The molecule has 2 aromatic carbocycles. The predicted molar refractivity (Wildman–Crippen MR) is 89.9 cm³/mol. The minimum absolute atomic E-state index is 0.281. The number of amides is 1. The van der Waals surface area contributed by atoms with E-state index in [0.29, 0.717) is 24.7 Å². The quantitative estimate of drug-likeness (QED) is 0.749. The van der Waals surface area contributed by atoms with Gasteiger partial charge in [-0.25, -0.2) is 4.79 Å². The summed E-state index contributed by atoms with van der Waals surface area (Å²) in [6.45, 7) is 1.49. The van der Waals surface area contributed by atoms with E-state index in [9.17, 15) is 4.79 Å². The number of hydrogen-bond donors (Lipinski definition) is 0. The number of carbonyl (C=O) groups is 1. The van der Waals surface area contributed by atoms with E-state index in [2.05, 4.69) is 15.9 Å². The van der Waals surface area contributed by atoms with Crippen LogP contribution in [0.5, 0.6) is 0 Å². The van der Waals surface area contributed by atoms with Crippen molar-refractivity contribution in [2.24, 2.45) is 0 Å². The van der Waals surface area contributed by atoms with E-state index >= 15 is 0 Å². The zero-order chi connectivity index (χ0) is 15.5. The van der Waals surface area contributed by atoms with Crippen LogP contribution in [-0.2, 0) is 24.3 Å². The molecule has 0 unspecified atom stereocenters. The lowest BCUT2D eigenvalue weighted by Gasteiger charge is -2.29. The van der Waals surface area contributed by atoms with Crippen LogP contribution in [0.15, 0.2) is 46.9 Å². The standard InChI is InChI=1S/C17H15BrClNO2/c18-16-9-14(19)8-13-6-7-20(10-15(13)16)17(21)22-11-12-4-2-1-3-5-12/h1-5,8-9H,6-7,10-11H2. The summed E-state index contributed by atoms with van der Waals surface area (Å²) in [6.07, 6.45) is 0.505. The Morgan fingerprint density at radius 3 is 2.82 bits per heavy atom. The van der Waals surface area contributed by atoms with Crippen LogP contribution in [0.2, 0.25) is 5.02 Å². The van der Waals surface area contributed by atoms with Gasteiger partial charge in [0.2, 0.25) is 0 Å². The van der Waals surface area contributed by atoms with Crippen molar-refractivity contribution >= 4 is 33.6 Å². The van der Waals surface area contributed by atoms with Crippen LogP contribution in [0.25, 0.3) is 0 Å². The van der Waals surface area contributed by atoms with E-state index in [4.69, 9.17) is 16.3 Å². The topological polar surface area (TPSA) is 29.5 Å². The van der Waals surface area contributed by atoms with Crippen molar-refractivity contribution in [1.29, 1.82) is 0 Å². The van der Waals surface area contributed by atoms with Gasteiger partial charge >= 0.3 is 6.09 Å². The fourth-order valence-corrected chi connectivity index (χ4v) is 3.55. The molecule has 5 heteroatoms. The summed E-state index contributed by atoms with van der Waals surface area (Å²) < 4.78 is 6.33. The van der Waals surface area contributed by atoms with Gasteiger partial charge in [-0.05, 0) is 35.2 Å². The maximum absolute atomic E-state index is 12.2. The van der Waals surface area contributed by atoms with Gasteiger partial charge in [-0.15, -0.1) is 0 Å². The second kappa shape index (κ2) is 6.71. The van der Waals surface area contributed by atoms with Gasteiger partial charge in [0.25, 0.3) is 0 Å². The molecule has 114 valence electrons. The molecule has 0 fully saturated rings. The van der Waals surface area contributed by atoms with Crippen LogP contribution in [0.1, 0.15) is 16.7 Å². The van der Waals surface area contributed by atoms with Gasteiger partial charge in [-0.2, -0.15) is 0 Å². The highest BCUT2D eigenvalue weighted by Gasteiger charge is 2.23. The first-order valence-corrected chi connectivity index (χ1v) is 8.23. The maximum atomic E-state index is 12.2. The monoisotopic (exact) mass is 379 g/mol. The van der Waals surface area contributed by atoms with Crippen LogP contribution in [0.3, 0.4) is 0 Å². The minimum atomic E-state index is -0.281. The number of halogens is 2. The average molecular weight is 381 g/mol. The first-order chi connectivity index (χ1) is 10.6. The zero-order valence-corrected chi connectivity index (χ0v) is 14.2. The Morgan fingerprint density at radius 1 is 1.27 bits per heavy atom. The van der Waals surface area contributed by atoms with Gasteiger partial charge in [-0.1, -0.05) is 57.9 Å². The molecular formula is C17H15BrClNO2. The zero-order valence-electron chi connectivity index (χ0n) is 11.9. The molecule has 0 bridgehead atoms. The van der Waals surface area contributed by atoms with Gasteiger partial charge in [0.05, 0.1) is 6.54 Å². The van der Waals surface area contributed by atoms with Crippen LogP contribution in [0, 0.1) is 0 Å². The van der Waals surface area contributed by atoms with E-state index in [1.165, 1.54) is 5.56 Å². The normalized spacial score (nSPS) is 13.6. The van der Waals surface area contributed by atoms with E-state index in [-0.39, 0.29) is 6.09 Å². The van der Waals surface area contributed by atoms with Gasteiger partial charge in [-0.3, -0.25) is 0 Å². The Morgan fingerprint density at radius 2 is 2.05 bits per heavy atom. The van der Waals surface area contributed by atoms with Crippen molar-refractivity contribution in [1.82, 2.24) is 4.90 Å². The summed E-state index contributed by atoms with van der Waals surface area (Å²) in [7, 11) is 0. The molecule has 0 atom stereocenters. The van der Waals surface area contributed by atoms with Crippen molar-refractivity contribution in [3.05, 3.63) is 68.7 Å². The van der Waals surface area contributed by atoms with Crippen LogP contribution in [-0.4, -0.2) is 17.5 Å². The number of carbonyl (C=O) groups excluding carboxylic acids is 1. The van der Waals surface area contributed by atoms with Crippen molar-refractivity contribution < 1.29 is 9.53 Å². The molecule has 1 aliphatic heterocycles. The largest absolute Gasteiger partial charge is 0.445 e. The molecule has 1 amide bonds. The lowest BCUT2D eigenvalue weighted by Crippen LogP contribution is -2.36. The highest BCUT2D eigenvalue weighted by molar-refractivity contribution is 9.10. The molecule has 1 aliphatic rings. The van der Waals surface area contributed by atoms with Crippen molar-refractivity contribution in [3.63, 3.8) is 0 Å². The first-order valence-electron chi connectivity index (χ1n) is 7.06. The van der Waals surface area contributed by atoms with Gasteiger partial charge in [0.1, 0.15) is 6.61 Å². The molecule has 22 heavy (non-hydrogen) atoms. The first kappa shape index (κ1) is 15.4. The van der Waals surface area contributed by atoms with Crippen LogP contribution < -0.4 is 0 Å². The predicted octanol–water partition coefficient (Wildman–Crippen LogP) is 4.80. The lowest BCUT2D eigenvalue weighted by molar-refractivity contribution is 0.0918. The Kier molecular flexibility index (Phi) is 4.69. The smallest absolute Gasteiger partial charge is 0.410 e. The Bertz CT molecular complexity index is 691. The highest BCUT2D eigenvalue weighted by Crippen LogP contribution is 2.30. The number of ether oxygens (including phenoxy) is 1. The number of benzene rings is 2. The molecule has 2 aromatic rings. The van der Waals surface area contributed by atoms with Crippen molar-refractivity contribution in [3.8, 4) is 0 Å². The molecule has 0 spiro atoms. The second-order valence-corrected chi connectivity index (χ2v) is 6.53. The van der Waals surface area contributed by atoms with Crippen LogP contribution in [0.4, 0.5) is 4.79 Å². The molecule has 0 saturated carbocycles. The number of fused-ring (bicyclic) bond motifs is 1. The Labute approximate surface area is 143 Å². The fraction of sp³-hybridized carbons (Fsp3) is 0.235. The molecule has 0 aromatic heterocycles. The van der Waals surface area contributed by atoms with E-state index in [0.717, 1.165) is 22.0 Å². The number of nitrogens with zero attached hydrogens (tertiary/aromatic N) is 1. The van der Waals surface area contributed by atoms with Gasteiger partial charge in [0, 0.05) is 16.0 Å². The highest BCUT2D eigenvalue weighted by atomic mass is 79.9. The molecule has 0 radical (unpaired) electrons. The summed E-state index contributed by atoms with van der Waals surface area (Å²) in [5, 5.41) is 0.714. The van der Waals surface area contributed by atoms with E-state index in [1.807, 2.05) is 42.5 Å². The molecule has 0 aliphatic carbocycles. The molecule has 0 N–H and O–H groups in total. The summed E-state index contributed by atoms with van der Waals surface area (Å²) >= 11 is 9.59. The summed E-state index contributed by atoms with van der Waals surface area (Å²) in [5.41, 5.74) is 3.28. The number of rotatable bonds is 2. The van der Waals surface area contributed by atoms with E-state index in [1.54, 1.807) is 4.90 Å². The van der Waals surface area contributed by atoms with Gasteiger partial charge in [0.15, 0.2) is 0 Å². The Hall–Kier alpha value is -1.52. The minimum Gasteiger partial charge on any atom is -0.445 e. The lowest BCUT2D eigenvalue weighted by atomic mass is 10.0. The van der Waals surface area contributed by atoms with Crippen molar-refractivity contribution in [2.45, 2.75) is 19.6 Å². The molecule has 1 heterocycles. The summed E-state index contributed by atoms with van der Waals surface area (Å²) in [5.74, 6) is 0. The summed E-state index contributed by atoms with van der Waals surface area (Å²) in [4.78, 5) is 13.9. The molecule has 3 nitrogen and oxygen atoms in total. The maximum Gasteiger partial charge on any atom is 0.410 e. The third-order valence-corrected chi connectivity index (χ3v) is 4.64. The molecule has 0 saturated heterocycles. The van der Waals surface area contributed by atoms with E-state index < -0.39 is 0 Å². The summed E-state index contributed by atoms with van der Waals surface area (Å²) in [6, 6.07) is 13.5.